The lowest BCUT2D eigenvalue weighted by molar-refractivity contribution is -0.139. The maximum atomic E-state index is 13.4. The molecule has 0 bridgehead atoms. The molecule has 0 amide bonds. The summed E-state index contributed by atoms with van der Waals surface area (Å²) >= 11 is 11.2. The Morgan fingerprint density at radius 1 is 1.04 bits per heavy atom. The van der Waals surface area contributed by atoms with Crippen molar-refractivity contribution >= 4 is 29.3 Å². The second-order valence-electron chi connectivity index (χ2n) is 5.12. The fourth-order valence-corrected chi connectivity index (χ4v) is 2.64. The highest BCUT2D eigenvalue weighted by Crippen LogP contribution is 2.39. The summed E-state index contributed by atoms with van der Waals surface area (Å²) in [6.45, 7) is 0.349. The van der Waals surface area contributed by atoms with Gasteiger partial charge in [-0.1, -0.05) is 59.6 Å². The number of benzene rings is 2. The Kier molecular flexibility index (Phi) is 5.91. The molecule has 0 fully saturated rings. The molecule has 0 spiro atoms. The van der Waals surface area contributed by atoms with Crippen molar-refractivity contribution in [2.45, 2.75) is 18.6 Å². The Bertz CT molecular complexity index is 716. The van der Waals surface area contributed by atoms with E-state index in [2.05, 4.69) is 0 Å². The van der Waals surface area contributed by atoms with Crippen molar-refractivity contribution in [1.29, 1.82) is 0 Å². The predicted octanol–water partition coefficient (Wildman–Crippen LogP) is 5.95. The van der Waals surface area contributed by atoms with Crippen LogP contribution in [0.2, 0.25) is 10.0 Å². The van der Waals surface area contributed by atoms with Crippen molar-refractivity contribution in [3.63, 3.8) is 0 Å². The van der Waals surface area contributed by atoms with Gasteiger partial charge in [-0.15, -0.1) is 0 Å². The number of allylic oxidation sites excluding steroid dienone is 1. The lowest BCUT2D eigenvalue weighted by Crippen LogP contribution is -2.19. The van der Waals surface area contributed by atoms with E-state index in [0.717, 1.165) is 23.8 Å². The molecule has 2 aromatic carbocycles. The first-order chi connectivity index (χ1) is 11.2. The van der Waals surface area contributed by atoms with Crippen LogP contribution in [-0.4, -0.2) is 6.18 Å². The number of alkyl halides is 3. The molecule has 0 saturated heterocycles. The van der Waals surface area contributed by atoms with E-state index in [1.807, 2.05) is 0 Å². The molecule has 24 heavy (non-hydrogen) atoms. The Balaban J connectivity index is 2.37. The van der Waals surface area contributed by atoms with Crippen molar-refractivity contribution in [2.75, 3.05) is 0 Å². The molecule has 0 saturated carbocycles. The highest BCUT2D eigenvalue weighted by Gasteiger charge is 2.39. The molecule has 0 aliphatic carbocycles. The third-order valence-corrected chi connectivity index (χ3v) is 3.96. The normalized spacial score (nSPS) is 13.5. The molecule has 2 N–H and O–H groups in total. The Labute approximate surface area is 146 Å². The van der Waals surface area contributed by atoms with Crippen molar-refractivity contribution < 1.29 is 17.6 Å². The molecular formula is C17H13Cl2F4N. The van der Waals surface area contributed by atoms with Gasteiger partial charge in [-0.3, -0.25) is 0 Å². The lowest BCUT2D eigenvalue weighted by Gasteiger charge is -2.18. The van der Waals surface area contributed by atoms with Crippen molar-refractivity contribution in [2.24, 2.45) is 5.73 Å². The molecule has 0 aromatic heterocycles. The van der Waals surface area contributed by atoms with Gasteiger partial charge in [-0.2, -0.15) is 13.2 Å². The molecule has 7 heteroatoms. The number of hydrogen-bond donors (Lipinski definition) is 1. The second-order valence-corrected chi connectivity index (χ2v) is 5.94. The van der Waals surface area contributed by atoms with Crippen LogP contribution in [-0.2, 0) is 6.54 Å². The fraction of sp³-hybridized carbons (Fsp3) is 0.176. The summed E-state index contributed by atoms with van der Waals surface area (Å²) in [5.41, 5.74) is 6.70. The van der Waals surface area contributed by atoms with Crippen LogP contribution in [0.3, 0.4) is 0 Å². The third kappa shape index (κ3) is 4.50. The van der Waals surface area contributed by atoms with E-state index < -0.39 is 28.0 Å². The minimum atomic E-state index is -4.57. The average molecular weight is 378 g/mol. The predicted molar refractivity (Wildman–Crippen MR) is 88.6 cm³/mol. The highest BCUT2D eigenvalue weighted by molar-refractivity contribution is 6.35. The van der Waals surface area contributed by atoms with Crippen molar-refractivity contribution in [3.8, 4) is 0 Å². The van der Waals surface area contributed by atoms with Crippen LogP contribution in [0.4, 0.5) is 17.6 Å². The van der Waals surface area contributed by atoms with E-state index >= 15 is 0 Å². The molecule has 2 aromatic rings. The summed E-state index contributed by atoms with van der Waals surface area (Å²) < 4.78 is 53.4. The van der Waals surface area contributed by atoms with Crippen LogP contribution >= 0.6 is 23.2 Å². The van der Waals surface area contributed by atoms with E-state index in [0.29, 0.717) is 12.1 Å². The number of halogens is 6. The molecule has 1 unspecified atom stereocenters. The van der Waals surface area contributed by atoms with Crippen molar-refractivity contribution in [3.05, 3.63) is 75.0 Å². The molecule has 0 aliphatic rings. The first kappa shape index (κ1) is 18.8. The minimum Gasteiger partial charge on any atom is -0.326 e. The summed E-state index contributed by atoms with van der Waals surface area (Å²) in [5.74, 6) is -2.90. The van der Waals surface area contributed by atoms with Gasteiger partial charge in [-0.25, -0.2) is 4.39 Å². The van der Waals surface area contributed by atoms with Gasteiger partial charge < -0.3 is 5.73 Å². The summed E-state index contributed by atoms with van der Waals surface area (Å²) in [5, 5.41) is -0.903. The van der Waals surface area contributed by atoms with E-state index in [4.69, 9.17) is 28.9 Å². The summed E-state index contributed by atoms with van der Waals surface area (Å²) in [4.78, 5) is 0. The van der Waals surface area contributed by atoms with Crippen LogP contribution in [0, 0.1) is 5.82 Å². The third-order valence-electron chi connectivity index (χ3n) is 3.41. The lowest BCUT2D eigenvalue weighted by atomic mass is 9.97. The summed E-state index contributed by atoms with van der Waals surface area (Å²) in [7, 11) is 0. The smallest absolute Gasteiger partial charge is 0.326 e. The molecule has 2 rings (SSSR count). The Morgan fingerprint density at radius 3 is 2.04 bits per heavy atom. The molecule has 1 atom stereocenters. The van der Waals surface area contributed by atoms with Gasteiger partial charge in [0.15, 0.2) is 5.82 Å². The molecule has 0 radical (unpaired) electrons. The van der Waals surface area contributed by atoms with E-state index in [1.165, 1.54) is 6.08 Å². The quantitative estimate of drug-likeness (QED) is 0.516. The maximum absolute atomic E-state index is 13.4. The molecular weight excluding hydrogens is 365 g/mol. The van der Waals surface area contributed by atoms with Crippen LogP contribution < -0.4 is 5.73 Å². The largest absolute Gasteiger partial charge is 0.399 e. The van der Waals surface area contributed by atoms with Gasteiger partial charge in [0.05, 0.1) is 16.0 Å². The van der Waals surface area contributed by atoms with E-state index in [-0.39, 0.29) is 5.56 Å². The number of rotatable bonds is 4. The van der Waals surface area contributed by atoms with E-state index in [1.54, 1.807) is 24.3 Å². The van der Waals surface area contributed by atoms with Crippen LogP contribution in [0.5, 0.6) is 0 Å². The zero-order chi connectivity index (χ0) is 17.9. The molecule has 128 valence electrons. The van der Waals surface area contributed by atoms with Crippen molar-refractivity contribution in [1.82, 2.24) is 0 Å². The van der Waals surface area contributed by atoms with E-state index in [9.17, 15) is 17.6 Å². The number of nitrogens with two attached hydrogens (primary N) is 1. The maximum Gasteiger partial charge on any atom is 0.399 e. The Hall–Kier alpha value is -1.56. The van der Waals surface area contributed by atoms with Gasteiger partial charge in [0.1, 0.15) is 0 Å². The first-order valence-corrected chi connectivity index (χ1v) is 7.66. The SMILES string of the molecule is NCc1ccc(/C=C/C(c2cc(Cl)c(F)c(Cl)c2)C(F)(F)F)cc1. The first-order valence-electron chi connectivity index (χ1n) is 6.90. The van der Waals surface area contributed by atoms with Gasteiger partial charge in [-0.05, 0) is 28.8 Å². The number of hydrogen-bond acceptors (Lipinski definition) is 1. The van der Waals surface area contributed by atoms with Gasteiger partial charge in [0, 0.05) is 6.54 Å². The molecule has 0 aliphatic heterocycles. The van der Waals surface area contributed by atoms with Gasteiger partial charge >= 0.3 is 6.18 Å². The Morgan fingerprint density at radius 2 is 1.58 bits per heavy atom. The van der Waals surface area contributed by atoms with Crippen LogP contribution in [0.25, 0.3) is 6.08 Å². The standard InChI is InChI=1S/C17H13Cl2F4N/c18-14-7-12(8-15(19)16(14)20)13(17(21,22)23)6-5-10-1-3-11(9-24)4-2-10/h1-8,13H,9,24H2/b6-5+. The zero-order valence-electron chi connectivity index (χ0n) is 12.2. The molecule has 1 nitrogen and oxygen atoms in total. The molecule has 0 heterocycles. The van der Waals surface area contributed by atoms with Crippen LogP contribution in [0.15, 0.2) is 42.5 Å². The topological polar surface area (TPSA) is 26.0 Å². The van der Waals surface area contributed by atoms with Crippen LogP contribution in [0.1, 0.15) is 22.6 Å². The monoisotopic (exact) mass is 377 g/mol. The van der Waals surface area contributed by atoms with Gasteiger partial charge in [0.2, 0.25) is 0 Å². The minimum absolute atomic E-state index is 0.228. The summed E-state index contributed by atoms with van der Waals surface area (Å²) in [6.07, 6.45) is -2.25. The summed E-state index contributed by atoms with van der Waals surface area (Å²) in [6, 6.07) is 8.65. The highest BCUT2D eigenvalue weighted by atomic mass is 35.5. The zero-order valence-corrected chi connectivity index (χ0v) is 13.8. The second kappa shape index (κ2) is 7.55. The average Bonchev–Trinajstić information content (AvgIpc) is 2.52. The fourth-order valence-electron chi connectivity index (χ4n) is 2.14. The van der Waals surface area contributed by atoms with Gasteiger partial charge in [0.25, 0.3) is 0 Å².